The Balaban J connectivity index is 1.89. The lowest BCUT2D eigenvalue weighted by molar-refractivity contribution is 0.108. The summed E-state index contributed by atoms with van der Waals surface area (Å²) in [6.45, 7) is 4.46. The number of hydrogen-bond acceptors (Lipinski definition) is 2. The zero-order valence-electron chi connectivity index (χ0n) is 11.5. The van der Waals surface area contributed by atoms with Crippen molar-refractivity contribution in [2.75, 3.05) is 6.61 Å². The second kappa shape index (κ2) is 6.39. The van der Waals surface area contributed by atoms with Gasteiger partial charge in [0.15, 0.2) is 0 Å². The van der Waals surface area contributed by atoms with Gasteiger partial charge in [-0.15, -0.1) is 0 Å². The third kappa shape index (κ3) is 4.42. The van der Waals surface area contributed by atoms with Gasteiger partial charge in [-0.1, -0.05) is 47.5 Å². The molecule has 0 aliphatic carbocycles. The highest BCUT2D eigenvalue weighted by atomic mass is 16.5. The van der Waals surface area contributed by atoms with Crippen molar-refractivity contribution < 1.29 is 9.84 Å². The van der Waals surface area contributed by atoms with Crippen molar-refractivity contribution in [2.24, 2.45) is 0 Å². The second-order valence-electron chi connectivity index (χ2n) is 4.98. The van der Waals surface area contributed by atoms with Crippen LogP contribution in [0, 0.1) is 13.8 Å². The summed E-state index contributed by atoms with van der Waals surface area (Å²) >= 11 is 0. The highest BCUT2D eigenvalue weighted by Gasteiger charge is 2.07. The minimum absolute atomic E-state index is 0.316. The molecule has 0 saturated heterocycles. The number of aliphatic hydroxyl groups excluding tert-OH is 1. The lowest BCUT2D eigenvalue weighted by atomic mass is 10.0. The Kier molecular flexibility index (Phi) is 4.58. The van der Waals surface area contributed by atoms with E-state index in [1.165, 1.54) is 11.1 Å². The molecule has 0 heterocycles. The summed E-state index contributed by atoms with van der Waals surface area (Å²) in [5.41, 5.74) is 3.61. The van der Waals surface area contributed by atoms with Crippen molar-refractivity contribution in [1.82, 2.24) is 0 Å². The second-order valence-corrected chi connectivity index (χ2v) is 4.98. The molecule has 2 aromatic rings. The molecule has 2 aromatic carbocycles. The van der Waals surface area contributed by atoms with Crippen LogP contribution in [-0.4, -0.2) is 17.8 Å². The maximum Gasteiger partial charge on any atom is 0.119 e. The molecule has 1 atom stereocenters. The van der Waals surface area contributed by atoms with Crippen molar-refractivity contribution in [3.05, 3.63) is 65.2 Å². The van der Waals surface area contributed by atoms with Gasteiger partial charge in [-0.2, -0.15) is 0 Å². The molecule has 2 rings (SSSR count). The largest absolute Gasteiger partial charge is 0.491 e. The number of para-hydroxylation sites is 1. The van der Waals surface area contributed by atoms with E-state index in [-0.39, 0.29) is 0 Å². The quantitative estimate of drug-likeness (QED) is 0.889. The molecule has 1 N–H and O–H groups in total. The van der Waals surface area contributed by atoms with E-state index in [4.69, 9.17) is 4.74 Å². The van der Waals surface area contributed by atoms with Crippen molar-refractivity contribution in [2.45, 2.75) is 26.4 Å². The smallest absolute Gasteiger partial charge is 0.119 e. The van der Waals surface area contributed by atoms with Crippen LogP contribution in [-0.2, 0) is 6.42 Å². The van der Waals surface area contributed by atoms with Crippen LogP contribution in [0.1, 0.15) is 16.7 Å². The Morgan fingerprint density at radius 3 is 2.26 bits per heavy atom. The average molecular weight is 256 g/mol. The monoisotopic (exact) mass is 256 g/mol. The van der Waals surface area contributed by atoms with Gasteiger partial charge in [0.1, 0.15) is 12.4 Å². The third-order valence-electron chi connectivity index (χ3n) is 2.94. The number of hydrogen-bond donors (Lipinski definition) is 1. The standard InChI is InChI=1S/C17H20O2/c1-13-8-14(2)10-15(9-13)11-16(18)12-19-17-6-4-3-5-7-17/h3-10,16,18H,11-12H2,1-2H3. The van der Waals surface area contributed by atoms with E-state index in [1.807, 2.05) is 30.3 Å². The summed E-state index contributed by atoms with van der Waals surface area (Å²) in [6.07, 6.45) is 0.136. The Bertz CT molecular complexity index is 500. The summed E-state index contributed by atoms with van der Waals surface area (Å²) in [5.74, 6) is 0.793. The SMILES string of the molecule is Cc1cc(C)cc(CC(O)COc2ccccc2)c1. The van der Waals surface area contributed by atoms with Crippen LogP contribution in [0.3, 0.4) is 0 Å². The predicted molar refractivity (Wildman–Crippen MR) is 77.6 cm³/mol. The normalized spacial score (nSPS) is 12.2. The van der Waals surface area contributed by atoms with Crippen LogP contribution in [0.2, 0.25) is 0 Å². The molecule has 0 amide bonds. The fourth-order valence-corrected chi connectivity index (χ4v) is 2.23. The van der Waals surface area contributed by atoms with Crippen LogP contribution in [0.5, 0.6) is 5.75 Å². The Morgan fingerprint density at radius 1 is 1.00 bits per heavy atom. The van der Waals surface area contributed by atoms with Crippen molar-refractivity contribution in [3.8, 4) is 5.75 Å². The predicted octanol–water partition coefficient (Wildman–Crippen LogP) is 3.29. The van der Waals surface area contributed by atoms with E-state index < -0.39 is 6.10 Å². The first-order chi connectivity index (χ1) is 9.13. The molecule has 0 spiro atoms. The molecule has 0 bridgehead atoms. The van der Waals surface area contributed by atoms with Gasteiger partial charge in [-0.3, -0.25) is 0 Å². The van der Waals surface area contributed by atoms with Crippen molar-refractivity contribution in [3.63, 3.8) is 0 Å². The Hall–Kier alpha value is -1.80. The average Bonchev–Trinajstić information content (AvgIpc) is 2.36. The third-order valence-corrected chi connectivity index (χ3v) is 2.94. The fraction of sp³-hybridized carbons (Fsp3) is 0.294. The summed E-state index contributed by atoms with van der Waals surface area (Å²) < 4.78 is 5.55. The van der Waals surface area contributed by atoms with E-state index in [0.717, 1.165) is 11.3 Å². The highest BCUT2D eigenvalue weighted by Crippen LogP contribution is 2.13. The summed E-state index contributed by atoms with van der Waals surface area (Å²) in [6, 6.07) is 15.9. The van der Waals surface area contributed by atoms with Gasteiger partial charge in [-0.05, 0) is 31.5 Å². The van der Waals surface area contributed by atoms with Crippen molar-refractivity contribution >= 4 is 0 Å². The maximum atomic E-state index is 10.0. The molecule has 0 fully saturated rings. The van der Waals surface area contributed by atoms with Crippen molar-refractivity contribution in [1.29, 1.82) is 0 Å². The molecule has 0 radical (unpaired) electrons. The first-order valence-electron chi connectivity index (χ1n) is 6.56. The van der Waals surface area contributed by atoms with Gasteiger partial charge in [0.2, 0.25) is 0 Å². The van der Waals surface area contributed by atoms with Gasteiger partial charge in [0.25, 0.3) is 0 Å². The van der Waals surface area contributed by atoms with Crippen LogP contribution >= 0.6 is 0 Å². The van der Waals surface area contributed by atoms with Gasteiger partial charge in [0, 0.05) is 6.42 Å². The summed E-state index contributed by atoms with van der Waals surface area (Å²) in [4.78, 5) is 0. The van der Waals surface area contributed by atoms with Crippen LogP contribution in [0.15, 0.2) is 48.5 Å². The molecule has 0 aliphatic rings. The summed E-state index contributed by atoms with van der Waals surface area (Å²) in [7, 11) is 0. The minimum atomic E-state index is -0.485. The number of benzene rings is 2. The van der Waals surface area contributed by atoms with E-state index >= 15 is 0 Å². The first-order valence-corrected chi connectivity index (χ1v) is 6.56. The minimum Gasteiger partial charge on any atom is -0.491 e. The molecule has 0 saturated carbocycles. The Morgan fingerprint density at radius 2 is 1.63 bits per heavy atom. The number of ether oxygens (including phenoxy) is 1. The molecule has 2 nitrogen and oxygen atoms in total. The molecule has 19 heavy (non-hydrogen) atoms. The molecule has 1 unspecified atom stereocenters. The zero-order chi connectivity index (χ0) is 13.7. The van der Waals surface area contributed by atoms with Gasteiger partial charge in [0.05, 0.1) is 6.10 Å². The number of aryl methyl sites for hydroxylation is 2. The van der Waals surface area contributed by atoms with Crippen LogP contribution < -0.4 is 4.74 Å². The van der Waals surface area contributed by atoms with Crippen LogP contribution in [0.25, 0.3) is 0 Å². The molecule has 0 aromatic heterocycles. The van der Waals surface area contributed by atoms with Gasteiger partial charge < -0.3 is 9.84 Å². The lowest BCUT2D eigenvalue weighted by Crippen LogP contribution is -2.20. The first kappa shape index (κ1) is 13.6. The maximum absolute atomic E-state index is 10.0. The molecular weight excluding hydrogens is 236 g/mol. The molecule has 2 heteroatoms. The Labute approximate surface area is 114 Å². The van der Waals surface area contributed by atoms with E-state index in [1.54, 1.807) is 0 Å². The highest BCUT2D eigenvalue weighted by molar-refractivity contribution is 5.29. The zero-order valence-corrected chi connectivity index (χ0v) is 11.5. The van der Waals surface area contributed by atoms with Crippen LogP contribution in [0.4, 0.5) is 0 Å². The molecular formula is C17H20O2. The van der Waals surface area contributed by atoms with Gasteiger partial charge in [-0.25, -0.2) is 0 Å². The molecule has 100 valence electrons. The lowest BCUT2D eigenvalue weighted by Gasteiger charge is -2.13. The topological polar surface area (TPSA) is 29.5 Å². The van der Waals surface area contributed by atoms with Gasteiger partial charge >= 0.3 is 0 Å². The molecule has 0 aliphatic heterocycles. The number of rotatable bonds is 5. The van der Waals surface area contributed by atoms with E-state index in [2.05, 4.69) is 32.0 Å². The van der Waals surface area contributed by atoms with E-state index in [0.29, 0.717) is 13.0 Å². The summed E-state index contributed by atoms with van der Waals surface area (Å²) in [5, 5.41) is 10.0. The van der Waals surface area contributed by atoms with E-state index in [9.17, 15) is 5.11 Å². The number of aliphatic hydroxyl groups is 1. The fourth-order valence-electron chi connectivity index (χ4n) is 2.23.